The Balaban J connectivity index is 0.00000144. The molecule has 0 spiro atoms. The highest BCUT2D eigenvalue weighted by molar-refractivity contribution is 6.34. The highest BCUT2D eigenvalue weighted by atomic mass is 35.5. The standard InChI is InChI=1S/C11H15Cl2NO2.ClH/c1-15-9-5-7-6-14-4-3-8(7)10(12)11(9,13)16-2;/h5,10,14H,3-4,6H2,1-2H3;1H. The van der Waals surface area contributed by atoms with Gasteiger partial charge in [-0.15, -0.1) is 24.0 Å². The summed E-state index contributed by atoms with van der Waals surface area (Å²) in [6.45, 7) is 1.73. The van der Waals surface area contributed by atoms with E-state index in [2.05, 4.69) is 5.32 Å². The van der Waals surface area contributed by atoms with Gasteiger partial charge in [0.25, 0.3) is 0 Å². The molecule has 2 rings (SSSR count). The van der Waals surface area contributed by atoms with E-state index >= 15 is 0 Å². The van der Waals surface area contributed by atoms with Gasteiger partial charge in [0, 0.05) is 13.7 Å². The number of hydrogen-bond donors (Lipinski definition) is 1. The first-order chi connectivity index (χ1) is 7.63. The van der Waals surface area contributed by atoms with Crippen LogP contribution in [0.2, 0.25) is 0 Å². The average Bonchev–Trinajstić information content (AvgIpc) is 2.33. The molecule has 0 fully saturated rings. The molecule has 0 aromatic rings. The minimum Gasteiger partial charge on any atom is -0.497 e. The Morgan fingerprint density at radius 3 is 2.76 bits per heavy atom. The van der Waals surface area contributed by atoms with Crippen molar-refractivity contribution in [1.29, 1.82) is 0 Å². The lowest BCUT2D eigenvalue weighted by molar-refractivity contribution is 0.0452. The third kappa shape index (κ3) is 2.45. The van der Waals surface area contributed by atoms with Crippen molar-refractivity contribution in [3.05, 3.63) is 23.0 Å². The number of rotatable bonds is 2. The Labute approximate surface area is 118 Å². The molecule has 17 heavy (non-hydrogen) atoms. The van der Waals surface area contributed by atoms with Crippen molar-refractivity contribution in [3.8, 4) is 0 Å². The average molecular weight is 301 g/mol. The van der Waals surface area contributed by atoms with Crippen LogP contribution in [0.25, 0.3) is 0 Å². The predicted octanol–water partition coefficient (Wildman–Crippen LogP) is 2.43. The first-order valence-corrected chi connectivity index (χ1v) is 6.02. The molecular formula is C11H16Cl3NO2. The van der Waals surface area contributed by atoms with Gasteiger partial charge in [0.2, 0.25) is 5.06 Å². The number of alkyl halides is 2. The Kier molecular flexibility index (Phi) is 5.17. The Hall–Kier alpha value is 0.0700. The van der Waals surface area contributed by atoms with Crippen LogP contribution in [0, 0.1) is 0 Å². The van der Waals surface area contributed by atoms with Crippen molar-refractivity contribution in [3.63, 3.8) is 0 Å². The molecule has 0 radical (unpaired) electrons. The summed E-state index contributed by atoms with van der Waals surface area (Å²) < 4.78 is 10.6. The van der Waals surface area contributed by atoms with Gasteiger partial charge in [-0.2, -0.15) is 0 Å². The van der Waals surface area contributed by atoms with Gasteiger partial charge < -0.3 is 14.8 Å². The van der Waals surface area contributed by atoms with Gasteiger partial charge in [-0.1, -0.05) is 11.6 Å². The van der Waals surface area contributed by atoms with E-state index in [1.54, 1.807) is 14.2 Å². The van der Waals surface area contributed by atoms with E-state index in [0.29, 0.717) is 5.76 Å². The molecule has 1 heterocycles. The second kappa shape index (κ2) is 5.81. The van der Waals surface area contributed by atoms with Gasteiger partial charge in [0.1, 0.15) is 11.1 Å². The SMILES string of the molecule is COC1=CC2=C(CCNC2)C(Cl)C1(Cl)OC.Cl. The quantitative estimate of drug-likeness (QED) is 0.795. The van der Waals surface area contributed by atoms with Gasteiger partial charge >= 0.3 is 0 Å². The van der Waals surface area contributed by atoms with Crippen molar-refractivity contribution < 1.29 is 9.47 Å². The zero-order chi connectivity index (χ0) is 11.8. The molecule has 1 N–H and O–H groups in total. The highest BCUT2D eigenvalue weighted by Gasteiger charge is 2.46. The molecule has 0 bridgehead atoms. The van der Waals surface area contributed by atoms with Crippen molar-refractivity contribution in [1.82, 2.24) is 5.32 Å². The smallest absolute Gasteiger partial charge is 0.218 e. The predicted molar refractivity (Wildman–Crippen MR) is 72.1 cm³/mol. The van der Waals surface area contributed by atoms with Gasteiger partial charge in [-0.25, -0.2) is 0 Å². The van der Waals surface area contributed by atoms with Crippen LogP contribution in [0.3, 0.4) is 0 Å². The van der Waals surface area contributed by atoms with Crippen LogP contribution in [-0.2, 0) is 9.47 Å². The van der Waals surface area contributed by atoms with Crippen molar-refractivity contribution >= 4 is 35.6 Å². The summed E-state index contributed by atoms with van der Waals surface area (Å²) in [5, 5.41) is 1.84. The maximum absolute atomic E-state index is 6.41. The molecule has 0 aromatic heterocycles. The molecule has 2 unspecified atom stereocenters. The molecule has 0 saturated heterocycles. The molecular weight excluding hydrogens is 284 g/mol. The molecule has 98 valence electrons. The topological polar surface area (TPSA) is 30.5 Å². The summed E-state index contributed by atoms with van der Waals surface area (Å²) in [4.78, 5) is 0. The fraction of sp³-hybridized carbons (Fsp3) is 0.636. The molecule has 2 atom stereocenters. The van der Waals surface area contributed by atoms with Crippen LogP contribution in [0.1, 0.15) is 6.42 Å². The fourth-order valence-corrected chi connectivity index (χ4v) is 2.87. The molecule has 1 aliphatic heterocycles. The van der Waals surface area contributed by atoms with Crippen LogP contribution in [0.4, 0.5) is 0 Å². The summed E-state index contributed by atoms with van der Waals surface area (Å²) in [6.07, 6.45) is 2.83. The second-order valence-electron chi connectivity index (χ2n) is 3.90. The summed E-state index contributed by atoms with van der Waals surface area (Å²) in [7, 11) is 3.12. The van der Waals surface area contributed by atoms with Crippen LogP contribution >= 0.6 is 35.6 Å². The van der Waals surface area contributed by atoms with Crippen molar-refractivity contribution in [2.75, 3.05) is 27.3 Å². The maximum Gasteiger partial charge on any atom is 0.218 e. The number of nitrogens with one attached hydrogen (secondary N) is 1. The summed E-state index contributed by atoms with van der Waals surface area (Å²) >= 11 is 12.8. The molecule has 0 amide bonds. The highest BCUT2D eigenvalue weighted by Crippen LogP contribution is 2.43. The summed E-state index contributed by atoms with van der Waals surface area (Å²) in [5.41, 5.74) is 2.31. The van der Waals surface area contributed by atoms with Crippen LogP contribution in [0.15, 0.2) is 23.0 Å². The fourth-order valence-electron chi connectivity index (χ4n) is 2.16. The molecule has 2 aliphatic rings. The van der Waals surface area contributed by atoms with Gasteiger partial charge in [-0.3, -0.25) is 0 Å². The first kappa shape index (κ1) is 15.1. The van der Waals surface area contributed by atoms with Gasteiger partial charge in [-0.05, 0) is 30.2 Å². The van der Waals surface area contributed by atoms with Crippen molar-refractivity contribution in [2.24, 2.45) is 0 Å². The lowest BCUT2D eigenvalue weighted by Crippen LogP contribution is -2.44. The summed E-state index contributed by atoms with van der Waals surface area (Å²) in [5.74, 6) is 0.569. The zero-order valence-electron chi connectivity index (χ0n) is 9.76. The third-order valence-corrected chi connectivity index (χ3v) is 4.33. The normalized spacial score (nSPS) is 32.5. The van der Waals surface area contributed by atoms with E-state index in [9.17, 15) is 0 Å². The molecule has 1 aliphatic carbocycles. The van der Waals surface area contributed by atoms with Crippen LogP contribution in [-0.4, -0.2) is 37.7 Å². The second-order valence-corrected chi connectivity index (χ2v) is 4.90. The molecule has 0 aromatic carbocycles. The largest absolute Gasteiger partial charge is 0.497 e. The van der Waals surface area contributed by atoms with E-state index in [-0.39, 0.29) is 17.8 Å². The van der Waals surface area contributed by atoms with Crippen LogP contribution in [0.5, 0.6) is 0 Å². The van der Waals surface area contributed by atoms with E-state index in [1.807, 2.05) is 6.08 Å². The third-order valence-electron chi connectivity index (χ3n) is 3.09. The monoisotopic (exact) mass is 299 g/mol. The van der Waals surface area contributed by atoms with Gasteiger partial charge in [0.15, 0.2) is 0 Å². The minimum atomic E-state index is -1.08. The van der Waals surface area contributed by atoms with E-state index in [4.69, 9.17) is 32.7 Å². The molecule has 3 nitrogen and oxygen atoms in total. The number of halogens is 3. The lowest BCUT2D eigenvalue weighted by atomic mass is 9.89. The van der Waals surface area contributed by atoms with Crippen molar-refractivity contribution in [2.45, 2.75) is 16.9 Å². The molecule has 6 heteroatoms. The molecule has 0 saturated carbocycles. The first-order valence-electron chi connectivity index (χ1n) is 5.20. The number of methoxy groups -OCH3 is 2. The Morgan fingerprint density at radius 2 is 2.18 bits per heavy atom. The number of hydrogen-bond acceptors (Lipinski definition) is 3. The minimum absolute atomic E-state index is 0. The Morgan fingerprint density at radius 1 is 1.47 bits per heavy atom. The van der Waals surface area contributed by atoms with Crippen LogP contribution < -0.4 is 5.32 Å². The lowest BCUT2D eigenvalue weighted by Gasteiger charge is -2.38. The zero-order valence-corrected chi connectivity index (χ0v) is 12.1. The maximum atomic E-state index is 6.41. The van der Waals surface area contributed by atoms with E-state index < -0.39 is 5.06 Å². The van der Waals surface area contributed by atoms with E-state index in [0.717, 1.165) is 30.7 Å². The Bertz CT molecular complexity index is 357. The van der Waals surface area contributed by atoms with Gasteiger partial charge in [0.05, 0.1) is 7.11 Å². The summed E-state index contributed by atoms with van der Waals surface area (Å²) in [6, 6.07) is 0. The number of ether oxygens (including phenoxy) is 2. The van der Waals surface area contributed by atoms with E-state index in [1.165, 1.54) is 0 Å².